The fourth-order valence-corrected chi connectivity index (χ4v) is 2.89. The third-order valence-corrected chi connectivity index (χ3v) is 3.99. The van der Waals surface area contributed by atoms with Gasteiger partial charge in [-0.3, -0.25) is 4.79 Å². The Morgan fingerprint density at radius 2 is 2.30 bits per heavy atom. The standard InChI is InChI=1S/C14H20N4O2/c1-7(2)13-16-6-9(15)12(18-13)14(19)17-10-5-8-3-4-11(10)20-8/h6-8,10-11H,3-5,15H2,1-2H3,(H,17,19). The van der Waals surface area contributed by atoms with Gasteiger partial charge in [-0.05, 0) is 19.3 Å². The first-order chi connectivity index (χ1) is 9.54. The number of nitrogens with two attached hydrogens (primary N) is 1. The molecule has 3 unspecified atom stereocenters. The van der Waals surface area contributed by atoms with E-state index in [2.05, 4.69) is 15.3 Å². The minimum Gasteiger partial charge on any atom is -0.396 e. The molecule has 0 saturated carbocycles. The molecule has 0 aliphatic carbocycles. The number of carbonyl (C=O) groups excluding carboxylic acids is 1. The van der Waals surface area contributed by atoms with E-state index < -0.39 is 0 Å². The Labute approximate surface area is 118 Å². The van der Waals surface area contributed by atoms with E-state index in [1.165, 1.54) is 6.20 Å². The van der Waals surface area contributed by atoms with Crippen LogP contribution in [0.25, 0.3) is 0 Å². The number of nitrogens with zero attached hydrogens (tertiary/aromatic N) is 2. The molecular weight excluding hydrogens is 256 g/mol. The molecule has 108 valence electrons. The van der Waals surface area contributed by atoms with E-state index in [0.717, 1.165) is 19.3 Å². The lowest BCUT2D eigenvalue weighted by Gasteiger charge is -2.20. The van der Waals surface area contributed by atoms with E-state index in [0.29, 0.717) is 17.6 Å². The van der Waals surface area contributed by atoms with E-state index in [-0.39, 0.29) is 29.7 Å². The molecule has 1 amide bonds. The summed E-state index contributed by atoms with van der Waals surface area (Å²) in [5.74, 6) is 0.564. The second kappa shape index (κ2) is 5.01. The molecule has 2 saturated heterocycles. The number of ether oxygens (including phenoxy) is 1. The quantitative estimate of drug-likeness (QED) is 0.866. The first-order valence-electron chi connectivity index (χ1n) is 7.13. The Kier molecular flexibility index (Phi) is 3.33. The molecule has 2 fully saturated rings. The number of rotatable bonds is 3. The Morgan fingerprint density at radius 3 is 2.90 bits per heavy atom. The minimum atomic E-state index is -0.229. The van der Waals surface area contributed by atoms with Crippen LogP contribution >= 0.6 is 0 Å². The van der Waals surface area contributed by atoms with Gasteiger partial charge in [0.15, 0.2) is 5.69 Å². The van der Waals surface area contributed by atoms with E-state index in [1.807, 2.05) is 13.8 Å². The van der Waals surface area contributed by atoms with Crippen molar-refractivity contribution in [3.8, 4) is 0 Å². The van der Waals surface area contributed by atoms with Crippen molar-refractivity contribution in [1.82, 2.24) is 15.3 Å². The van der Waals surface area contributed by atoms with Gasteiger partial charge in [0, 0.05) is 5.92 Å². The van der Waals surface area contributed by atoms with E-state index in [9.17, 15) is 4.79 Å². The average molecular weight is 276 g/mol. The number of nitrogens with one attached hydrogen (secondary N) is 1. The molecular formula is C14H20N4O2. The monoisotopic (exact) mass is 276 g/mol. The highest BCUT2D eigenvalue weighted by atomic mass is 16.5. The summed E-state index contributed by atoms with van der Waals surface area (Å²) in [7, 11) is 0. The summed E-state index contributed by atoms with van der Waals surface area (Å²) in [6.07, 6.45) is 4.97. The van der Waals surface area contributed by atoms with Crippen LogP contribution in [0.15, 0.2) is 6.20 Å². The molecule has 2 bridgehead atoms. The molecule has 0 radical (unpaired) electrons. The molecule has 3 heterocycles. The smallest absolute Gasteiger partial charge is 0.272 e. The van der Waals surface area contributed by atoms with Crippen LogP contribution in [0.1, 0.15) is 55.3 Å². The zero-order valence-electron chi connectivity index (χ0n) is 11.8. The van der Waals surface area contributed by atoms with Crippen LogP contribution < -0.4 is 11.1 Å². The maximum atomic E-state index is 12.3. The fourth-order valence-electron chi connectivity index (χ4n) is 2.89. The van der Waals surface area contributed by atoms with Gasteiger partial charge >= 0.3 is 0 Å². The first kappa shape index (κ1) is 13.3. The van der Waals surface area contributed by atoms with Crippen molar-refractivity contribution in [1.29, 1.82) is 0 Å². The number of hydrogen-bond donors (Lipinski definition) is 2. The van der Waals surface area contributed by atoms with Gasteiger partial charge in [-0.1, -0.05) is 13.8 Å². The third-order valence-electron chi connectivity index (χ3n) is 3.99. The molecule has 0 spiro atoms. The fraction of sp³-hybridized carbons (Fsp3) is 0.643. The predicted molar refractivity (Wildman–Crippen MR) is 74.3 cm³/mol. The van der Waals surface area contributed by atoms with Crippen LogP contribution in [-0.2, 0) is 4.74 Å². The molecule has 6 nitrogen and oxygen atoms in total. The predicted octanol–water partition coefficient (Wildman–Crippen LogP) is 1.23. The molecule has 3 rings (SSSR count). The van der Waals surface area contributed by atoms with Gasteiger partial charge in [-0.2, -0.15) is 0 Å². The number of hydrogen-bond acceptors (Lipinski definition) is 5. The Balaban J connectivity index is 1.75. The second-order valence-electron chi connectivity index (χ2n) is 5.88. The van der Waals surface area contributed by atoms with E-state index in [4.69, 9.17) is 10.5 Å². The summed E-state index contributed by atoms with van der Waals surface area (Å²) < 4.78 is 5.74. The molecule has 2 aliphatic heterocycles. The molecule has 6 heteroatoms. The number of nitrogen functional groups attached to an aromatic ring is 1. The molecule has 20 heavy (non-hydrogen) atoms. The summed E-state index contributed by atoms with van der Waals surface area (Å²) in [6.45, 7) is 3.97. The summed E-state index contributed by atoms with van der Waals surface area (Å²) in [6, 6.07) is 0.0816. The van der Waals surface area contributed by atoms with Crippen molar-refractivity contribution in [3.63, 3.8) is 0 Å². The van der Waals surface area contributed by atoms with E-state index in [1.54, 1.807) is 0 Å². The topological polar surface area (TPSA) is 90.1 Å². The molecule has 3 N–H and O–H groups in total. The van der Waals surface area contributed by atoms with Gasteiger partial charge in [0.05, 0.1) is 30.1 Å². The van der Waals surface area contributed by atoms with Crippen LogP contribution in [0.5, 0.6) is 0 Å². The van der Waals surface area contributed by atoms with Crippen LogP contribution in [0.3, 0.4) is 0 Å². The van der Waals surface area contributed by atoms with Crippen molar-refractivity contribution >= 4 is 11.6 Å². The zero-order chi connectivity index (χ0) is 14.3. The molecule has 1 aromatic rings. The summed E-state index contributed by atoms with van der Waals surface area (Å²) in [4.78, 5) is 20.8. The highest BCUT2D eigenvalue weighted by molar-refractivity contribution is 5.97. The number of amides is 1. The third kappa shape index (κ3) is 2.35. The largest absolute Gasteiger partial charge is 0.396 e. The van der Waals surface area contributed by atoms with Crippen molar-refractivity contribution in [2.24, 2.45) is 0 Å². The Morgan fingerprint density at radius 1 is 1.50 bits per heavy atom. The Hall–Kier alpha value is -1.69. The van der Waals surface area contributed by atoms with Crippen molar-refractivity contribution in [2.75, 3.05) is 5.73 Å². The number of aromatic nitrogens is 2. The lowest BCUT2D eigenvalue weighted by atomic mass is 9.95. The molecule has 3 atom stereocenters. The SMILES string of the molecule is CC(C)c1ncc(N)c(C(=O)NC2CC3CCC2O3)n1. The number of fused-ring (bicyclic) bond motifs is 2. The van der Waals surface area contributed by atoms with Crippen molar-refractivity contribution in [3.05, 3.63) is 17.7 Å². The second-order valence-corrected chi connectivity index (χ2v) is 5.88. The summed E-state index contributed by atoms with van der Waals surface area (Å²) in [5, 5.41) is 3.00. The van der Waals surface area contributed by atoms with Gasteiger partial charge in [-0.15, -0.1) is 0 Å². The lowest BCUT2D eigenvalue weighted by molar-refractivity contribution is 0.0838. The summed E-state index contributed by atoms with van der Waals surface area (Å²) >= 11 is 0. The maximum Gasteiger partial charge on any atom is 0.272 e. The molecule has 2 aliphatic rings. The van der Waals surface area contributed by atoms with Crippen LogP contribution in [0.4, 0.5) is 5.69 Å². The van der Waals surface area contributed by atoms with E-state index >= 15 is 0 Å². The average Bonchev–Trinajstić information content (AvgIpc) is 3.01. The highest BCUT2D eigenvalue weighted by Gasteiger charge is 2.41. The molecule has 0 aromatic carbocycles. The maximum absolute atomic E-state index is 12.3. The van der Waals surface area contributed by atoms with Crippen LogP contribution in [0, 0.1) is 0 Å². The van der Waals surface area contributed by atoms with Crippen LogP contribution in [0.2, 0.25) is 0 Å². The van der Waals surface area contributed by atoms with Gasteiger partial charge in [0.1, 0.15) is 5.82 Å². The van der Waals surface area contributed by atoms with Gasteiger partial charge in [-0.25, -0.2) is 9.97 Å². The highest BCUT2D eigenvalue weighted by Crippen LogP contribution is 2.34. The van der Waals surface area contributed by atoms with Gasteiger partial charge < -0.3 is 15.8 Å². The van der Waals surface area contributed by atoms with Crippen LogP contribution in [-0.4, -0.2) is 34.1 Å². The Bertz CT molecular complexity index is 532. The number of anilines is 1. The summed E-state index contributed by atoms with van der Waals surface area (Å²) in [5.41, 5.74) is 6.41. The van der Waals surface area contributed by atoms with Gasteiger partial charge in [0.2, 0.25) is 0 Å². The lowest BCUT2D eigenvalue weighted by Crippen LogP contribution is -2.42. The van der Waals surface area contributed by atoms with Gasteiger partial charge in [0.25, 0.3) is 5.91 Å². The van der Waals surface area contributed by atoms with Crippen molar-refractivity contribution in [2.45, 2.75) is 57.3 Å². The minimum absolute atomic E-state index is 0.0816. The zero-order valence-corrected chi connectivity index (χ0v) is 11.8. The normalized spacial score (nSPS) is 28.1. The number of carbonyl (C=O) groups is 1. The molecule has 1 aromatic heterocycles. The first-order valence-corrected chi connectivity index (χ1v) is 7.13. The van der Waals surface area contributed by atoms with Crippen molar-refractivity contribution < 1.29 is 9.53 Å².